The lowest BCUT2D eigenvalue weighted by atomic mass is 10.1. The number of aromatic amines is 1. The van der Waals surface area contributed by atoms with Gasteiger partial charge in [-0.3, -0.25) is 19.9 Å². The summed E-state index contributed by atoms with van der Waals surface area (Å²) in [5.41, 5.74) is 3.60. The molecule has 0 atom stereocenters. The standard InChI is InChI=1S/C19H18N6O5/c1-29-16-7-6-12(10-17(16)30-2)9-15-18(26)21-19(24-22-15)23-20-11-13-4-3-5-14(8-13)25(27)28/h3-8,10-11H,9H2,1-2H3,(H2,21,23,24,26). The highest BCUT2D eigenvalue weighted by Gasteiger charge is 2.09. The molecule has 11 nitrogen and oxygen atoms in total. The van der Waals surface area contributed by atoms with Gasteiger partial charge in [0.05, 0.1) is 25.4 Å². The van der Waals surface area contributed by atoms with Gasteiger partial charge in [0.25, 0.3) is 11.2 Å². The minimum atomic E-state index is -0.495. The first-order valence-electron chi connectivity index (χ1n) is 8.70. The Morgan fingerprint density at radius 2 is 1.97 bits per heavy atom. The molecule has 0 fully saturated rings. The van der Waals surface area contributed by atoms with E-state index in [4.69, 9.17) is 9.47 Å². The normalized spacial score (nSPS) is 10.7. The summed E-state index contributed by atoms with van der Waals surface area (Å²) in [6, 6.07) is 11.3. The summed E-state index contributed by atoms with van der Waals surface area (Å²) in [7, 11) is 3.07. The van der Waals surface area contributed by atoms with Crippen molar-refractivity contribution in [3.63, 3.8) is 0 Å². The monoisotopic (exact) mass is 410 g/mol. The van der Waals surface area contributed by atoms with Crippen LogP contribution in [0.15, 0.2) is 52.4 Å². The topological polar surface area (TPSA) is 145 Å². The van der Waals surface area contributed by atoms with Crippen molar-refractivity contribution in [2.75, 3.05) is 19.6 Å². The number of ether oxygens (including phenoxy) is 2. The van der Waals surface area contributed by atoms with E-state index < -0.39 is 10.5 Å². The van der Waals surface area contributed by atoms with E-state index in [1.807, 2.05) is 0 Å². The summed E-state index contributed by atoms with van der Waals surface area (Å²) < 4.78 is 10.4. The SMILES string of the molecule is COc1ccc(Cc2nnc(NN=Cc3cccc([N+](=O)[O-])c3)[nH]c2=O)cc1OC. The lowest BCUT2D eigenvalue weighted by Crippen LogP contribution is -2.18. The van der Waals surface area contributed by atoms with Gasteiger partial charge in [0.2, 0.25) is 5.95 Å². The zero-order valence-corrected chi connectivity index (χ0v) is 16.2. The number of hydrazone groups is 1. The minimum absolute atomic E-state index is 0.0396. The summed E-state index contributed by atoms with van der Waals surface area (Å²) in [6.07, 6.45) is 1.62. The fourth-order valence-corrected chi connectivity index (χ4v) is 2.60. The van der Waals surface area contributed by atoms with Crippen molar-refractivity contribution < 1.29 is 14.4 Å². The molecule has 0 saturated heterocycles. The van der Waals surface area contributed by atoms with Gasteiger partial charge in [0.15, 0.2) is 11.5 Å². The highest BCUT2D eigenvalue weighted by atomic mass is 16.6. The van der Waals surface area contributed by atoms with Crippen LogP contribution in [0.25, 0.3) is 0 Å². The summed E-state index contributed by atoms with van der Waals surface area (Å²) >= 11 is 0. The molecule has 1 aromatic heterocycles. The quantitative estimate of drug-likeness (QED) is 0.326. The van der Waals surface area contributed by atoms with Crippen LogP contribution < -0.4 is 20.5 Å². The lowest BCUT2D eigenvalue weighted by molar-refractivity contribution is -0.384. The Morgan fingerprint density at radius 1 is 1.17 bits per heavy atom. The number of nitro groups is 1. The van der Waals surface area contributed by atoms with Crippen LogP contribution in [0, 0.1) is 10.1 Å². The van der Waals surface area contributed by atoms with Crippen LogP contribution in [0.5, 0.6) is 11.5 Å². The number of rotatable bonds is 8. The van der Waals surface area contributed by atoms with Gasteiger partial charge in [0.1, 0.15) is 5.69 Å². The summed E-state index contributed by atoms with van der Waals surface area (Å²) in [5.74, 6) is 1.17. The van der Waals surface area contributed by atoms with Crippen LogP contribution >= 0.6 is 0 Å². The predicted molar refractivity (Wildman–Crippen MR) is 109 cm³/mol. The van der Waals surface area contributed by atoms with Crippen LogP contribution in [0.2, 0.25) is 0 Å². The van der Waals surface area contributed by atoms with Gasteiger partial charge in [-0.2, -0.15) is 5.10 Å². The van der Waals surface area contributed by atoms with E-state index in [1.54, 1.807) is 37.4 Å². The second kappa shape index (κ2) is 9.28. The van der Waals surface area contributed by atoms with Crippen molar-refractivity contribution in [2.45, 2.75) is 6.42 Å². The Bertz CT molecular complexity index is 1140. The van der Waals surface area contributed by atoms with Crippen molar-refractivity contribution in [3.8, 4) is 11.5 Å². The lowest BCUT2D eigenvalue weighted by Gasteiger charge is -2.09. The smallest absolute Gasteiger partial charge is 0.274 e. The number of non-ortho nitro benzene ring substituents is 1. The predicted octanol–water partition coefficient (Wildman–Crippen LogP) is 2.13. The van der Waals surface area contributed by atoms with E-state index in [-0.39, 0.29) is 23.8 Å². The molecule has 0 unspecified atom stereocenters. The first-order valence-corrected chi connectivity index (χ1v) is 8.70. The van der Waals surface area contributed by atoms with E-state index >= 15 is 0 Å². The second-order valence-electron chi connectivity index (χ2n) is 6.04. The molecule has 0 amide bonds. The Kier molecular flexibility index (Phi) is 6.33. The third-order valence-electron chi connectivity index (χ3n) is 4.05. The molecule has 30 heavy (non-hydrogen) atoms. The van der Waals surface area contributed by atoms with Crippen molar-refractivity contribution in [3.05, 3.63) is 79.8 Å². The molecule has 0 spiro atoms. The van der Waals surface area contributed by atoms with Crippen LogP contribution in [0.3, 0.4) is 0 Å². The fraction of sp³-hybridized carbons (Fsp3) is 0.158. The average Bonchev–Trinajstić information content (AvgIpc) is 2.75. The van der Waals surface area contributed by atoms with Crippen molar-refractivity contribution >= 4 is 17.9 Å². The Morgan fingerprint density at radius 3 is 2.67 bits per heavy atom. The van der Waals surface area contributed by atoms with Gasteiger partial charge < -0.3 is 9.47 Å². The number of hydrogen-bond acceptors (Lipinski definition) is 9. The van der Waals surface area contributed by atoms with E-state index in [0.29, 0.717) is 17.1 Å². The Labute approximate surface area is 170 Å². The number of aromatic nitrogens is 3. The minimum Gasteiger partial charge on any atom is -0.493 e. The number of hydrogen-bond donors (Lipinski definition) is 2. The Hall–Kier alpha value is -4.28. The van der Waals surface area contributed by atoms with Crippen LogP contribution in [0.1, 0.15) is 16.8 Å². The summed E-state index contributed by atoms with van der Waals surface area (Å²) in [5, 5.41) is 22.5. The largest absolute Gasteiger partial charge is 0.493 e. The zero-order valence-electron chi connectivity index (χ0n) is 16.2. The highest BCUT2D eigenvalue weighted by molar-refractivity contribution is 5.81. The third kappa shape index (κ3) is 4.95. The summed E-state index contributed by atoms with van der Waals surface area (Å²) in [6.45, 7) is 0. The van der Waals surface area contributed by atoms with Crippen molar-refractivity contribution in [2.24, 2.45) is 5.10 Å². The third-order valence-corrected chi connectivity index (χ3v) is 4.05. The average molecular weight is 410 g/mol. The number of H-pyrrole nitrogens is 1. The molecular weight excluding hydrogens is 392 g/mol. The number of anilines is 1. The molecule has 3 rings (SSSR count). The molecule has 0 aliphatic carbocycles. The maximum Gasteiger partial charge on any atom is 0.274 e. The van der Waals surface area contributed by atoms with Crippen LogP contribution in [0.4, 0.5) is 11.6 Å². The molecular formula is C19H18N6O5. The first kappa shape index (κ1) is 20.5. The number of nitrogens with zero attached hydrogens (tertiary/aromatic N) is 4. The van der Waals surface area contributed by atoms with Gasteiger partial charge in [-0.25, -0.2) is 5.43 Å². The van der Waals surface area contributed by atoms with Crippen molar-refractivity contribution in [1.29, 1.82) is 0 Å². The van der Waals surface area contributed by atoms with Gasteiger partial charge in [-0.15, -0.1) is 10.2 Å². The maximum absolute atomic E-state index is 12.3. The molecule has 1 heterocycles. The molecule has 0 aliphatic heterocycles. The van der Waals surface area contributed by atoms with E-state index in [9.17, 15) is 14.9 Å². The number of benzene rings is 2. The second-order valence-corrected chi connectivity index (χ2v) is 6.04. The highest BCUT2D eigenvalue weighted by Crippen LogP contribution is 2.28. The van der Waals surface area contributed by atoms with E-state index in [1.165, 1.54) is 25.5 Å². The molecule has 2 N–H and O–H groups in total. The van der Waals surface area contributed by atoms with E-state index in [0.717, 1.165) is 5.56 Å². The van der Waals surface area contributed by atoms with Crippen LogP contribution in [-0.4, -0.2) is 40.5 Å². The first-order chi connectivity index (χ1) is 14.5. The van der Waals surface area contributed by atoms with Crippen molar-refractivity contribution in [1.82, 2.24) is 15.2 Å². The number of nitrogens with one attached hydrogen (secondary N) is 2. The molecule has 3 aromatic rings. The van der Waals surface area contributed by atoms with E-state index in [2.05, 4.69) is 25.7 Å². The molecule has 0 aliphatic rings. The van der Waals surface area contributed by atoms with Gasteiger partial charge >= 0.3 is 0 Å². The Balaban J connectivity index is 1.69. The number of methoxy groups -OCH3 is 2. The molecule has 0 bridgehead atoms. The summed E-state index contributed by atoms with van der Waals surface area (Å²) in [4.78, 5) is 25.1. The maximum atomic E-state index is 12.3. The molecule has 0 radical (unpaired) electrons. The fourth-order valence-electron chi connectivity index (χ4n) is 2.60. The van der Waals surface area contributed by atoms with Gasteiger partial charge in [-0.1, -0.05) is 18.2 Å². The molecule has 2 aromatic carbocycles. The van der Waals surface area contributed by atoms with Crippen LogP contribution in [-0.2, 0) is 6.42 Å². The van der Waals surface area contributed by atoms with Gasteiger partial charge in [-0.05, 0) is 17.7 Å². The van der Waals surface area contributed by atoms with Gasteiger partial charge in [0, 0.05) is 24.1 Å². The molecule has 154 valence electrons. The molecule has 0 saturated carbocycles. The number of nitro benzene ring substituents is 1. The zero-order chi connectivity index (χ0) is 21.5. The molecule has 11 heteroatoms.